The number of nitrogens with zero attached hydrogens (tertiary/aromatic N) is 2. The summed E-state index contributed by atoms with van der Waals surface area (Å²) in [5.74, 6) is 1.45. The van der Waals surface area contributed by atoms with Crippen molar-refractivity contribution in [2.75, 3.05) is 12.4 Å². The number of carbonyl (C=O) groups is 1. The normalized spacial score (nSPS) is 15.9. The highest BCUT2D eigenvalue weighted by molar-refractivity contribution is 5.98. The number of carbonyl (C=O) groups excluding carboxylic acids is 1. The summed E-state index contributed by atoms with van der Waals surface area (Å²) in [6.45, 7) is 2.04. The van der Waals surface area contributed by atoms with Gasteiger partial charge in [0.15, 0.2) is 5.78 Å². The van der Waals surface area contributed by atoms with Gasteiger partial charge in [0.05, 0.1) is 18.4 Å². The molecule has 5 nitrogen and oxygen atoms in total. The van der Waals surface area contributed by atoms with Crippen LogP contribution >= 0.6 is 0 Å². The summed E-state index contributed by atoms with van der Waals surface area (Å²) in [6.07, 6.45) is 2.77. The van der Waals surface area contributed by atoms with Crippen molar-refractivity contribution in [1.29, 1.82) is 0 Å². The zero-order valence-electron chi connectivity index (χ0n) is 15.4. The van der Waals surface area contributed by atoms with Gasteiger partial charge >= 0.3 is 0 Å². The van der Waals surface area contributed by atoms with Crippen molar-refractivity contribution in [3.05, 3.63) is 77.1 Å². The lowest BCUT2D eigenvalue weighted by Gasteiger charge is -2.24. The van der Waals surface area contributed by atoms with Gasteiger partial charge in [0.1, 0.15) is 5.75 Å². The largest absolute Gasteiger partial charge is 0.496 e. The molecular formula is C22H21N3O2. The minimum absolute atomic E-state index is 0.0582. The van der Waals surface area contributed by atoms with Crippen molar-refractivity contribution >= 4 is 17.4 Å². The standard InChI is InChI=1S/C22H21N3O2/c1-14-6-5-7-16(10-14)24-22-23-13-18-19(25-22)11-15(12-20(18)26)17-8-3-4-9-21(17)27-2/h3-10,13,15H,11-12H2,1-2H3,(H,23,24,25)/t15-/m0/s1. The molecule has 27 heavy (non-hydrogen) atoms. The molecule has 1 N–H and O–H groups in total. The summed E-state index contributed by atoms with van der Waals surface area (Å²) in [5.41, 5.74) is 4.54. The molecule has 0 radical (unpaired) electrons. The van der Waals surface area contributed by atoms with Gasteiger partial charge in [0, 0.05) is 24.2 Å². The van der Waals surface area contributed by atoms with Crippen LogP contribution in [-0.4, -0.2) is 22.9 Å². The number of anilines is 2. The zero-order chi connectivity index (χ0) is 18.8. The van der Waals surface area contributed by atoms with Crippen LogP contribution < -0.4 is 10.1 Å². The average Bonchev–Trinajstić information content (AvgIpc) is 2.67. The van der Waals surface area contributed by atoms with E-state index < -0.39 is 0 Å². The minimum Gasteiger partial charge on any atom is -0.496 e. The molecule has 3 aromatic rings. The molecule has 0 saturated heterocycles. The third kappa shape index (κ3) is 3.53. The fraction of sp³-hybridized carbons (Fsp3) is 0.227. The maximum absolute atomic E-state index is 12.6. The summed E-state index contributed by atoms with van der Waals surface area (Å²) >= 11 is 0. The Hall–Kier alpha value is -3.21. The van der Waals surface area contributed by atoms with Crippen LogP contribution in [0.1, 0.15) is 39.5 Å². The van der Waals surface area contributed by atoms with Crippen LogP contribution in [0.5, 0.6) is 5.75 Å². The predicted molar refractivity (Wildman–Crippen MR) is 105 cm³/mol. The van der Waals surface area contributed by atoms with Gasteiger partial charge in [-0.1, -0.05) is 30.3 Å². The summed E-state index contributed by atoms with van der Waals surface area (Å²) in [6, 6.07) is 15.9. The first-order valence-corrected chi connectivity index (χ1v) is 9.00. The van der Waals surface area contributed by atoms with Crippen molar-refractivity contribution in [2.45, 2.75) is 25.7 Å². The van der Waals surface area contributed by atoms with E-state index in [1.54, 1.807) is 13.3 Å². The number of fused-ring (bicyclic) bond motifs is 1. The maximum Gasteiger partial charge on any atom is 0.227 e. The van der Waals surface area contributed by atoms with Crippen LogP contribution in [0.2, 0.25) is 0 Å². The molecule has 0 fully saturated rings. The first-order valence-electron chi connectivity index (χ1n) is 9.00. The summed E-state index contributed by atoms with van der Waals surface area (Å²) in [5, 5.41) is 3.23. The number of benzene rings is 2. The van der Waals surface area contributed by atoms with Gasteiger partial charge in [-0.05, 0) is 42.7 Å². The Morgan fingerprint density at radius 1 is 1.11 bits per heavy atom. The second-order valence-corrected chi connectivity index (χ2v) is 6.82. The molecule has 2 aromatic carbocycles. The van der Waals surface area contributed by atoms with E-state index in [-0.39, 0.29) is 11.7 Å². The number of methoxy groups -OCH3 is 1. The third-order valence-electron chi connectivity index (χ3n) is 4.89. The number of Topliss-reactive ketones (excluding diaryl/α,β-unsaturated/α-hetero) is 1. The van der Waals surface area contributed by atoms with Crippen LogP contribution in [0.25, 0.3) is 0 Å². The first kappa shape index (κ1) is 17.2. The Morgan fingerprint density at radius 3 is 2.78 bits per heavy atom. The zero-order valence-corrected chi connectivity index (χ0v) is 15.4. The number of aryl methyl sites for hydroxylation is 1. The van der Waals surface area contributed by atoms with Crippen molar-refractivity contribution in [1.82, 2.24) is 9.97 Å². The van der Waals surface area contributed by atoms with Crippen molar-refractivity contribution < 1.29 is 9.53 Å². The van der Waals surface area contributed by atoms with E-state index in [9.17, 15) is 4.79 Å². The molecule has 5 heteroatoms. The van der Waals surface area contributed by atoms with E-state index in [0.717, 1.165) is 28.3 Å². The molecule has 1 aromatic heterocycles. The summed E-state index contributed by atoms with van der Waals surface area (Å²) in [4.78, 5) is 21.6. The Labute approximate surface area is 158 Å². The molecule has 136 valence electrons. The molecule has 4 rings (SSSR count). The van der Waals surface area contributed by atoms with Crippen LogP contribution in [0.3, 0.4) is 0 Å². The van der Waals surface area contributed by atoms with Crippen LogP contribution in [0.15, 0.2) is 54.7 Å². The van der Waals surface area contributed by atoms with Crippen LogP contribution in [0.4, 0.5) is 11.6 Å². The lowest BCUT2D eigenvalue weighted by molar-refractivity contribution is 0.0962. The SMILES string of the molecule is COc1ccccc1[C@@H]1CC(=O)c2cnc(Nc3cccc(C)c3)nc2C1. The molecule has 1 aliphatic carbocycles. The highest BCUT2D eigenvalue weighted by Crippen LogP contribution is 2.36. The number of hydrogen-bond acceptors (Lipinski definition) is 5. The Bertz CT molecular complexity index is 1000. The van der Waals surface area contributed by atoms with E-state index >= 15 is 0 Å². The molecular weight excluding hydrogens is 338 g/mol. The number of hydrogen-bond donors (Lipinski definition) is 1. The fourth-order valence-corrected chi connectivity index (χ4v) is 3.58. The smallest absolute Gasteiger partial charge is 0.227 e. The lowest BCUT2D eigenvalue weighted by atomic mass is 9.82. The van der Waals surface area contributed by atoms with Crippen molar-refractivity contribution in [3.63, 3.8) is 0 Å². The summed E-state index contributed by atoms with van der Waals surface area (Å²) in [7, 11) is 1.66. The van der Waals surface area contributed by atoms with Gasteiger partial charge in [0.2, 0.25) is 5.95 Å². The van der Waals surface area contributed by atoms with E-state index in [1.807, 2.05) is 55.5 Å². The van der Waals surface area contributed by atoms with E-state index in [0.29, 0.717) is 24.4 Å². The molecule has 0 spiro atoms. The highest BCUT2D eigenvalue weighted by Gasteiger charge is 2.29. The van der Waals surface area contributed by atoms with E-state index in [2.05, 4.69) is 15.3 Å². The quantitative estimate of drug-likeness (QED) is 0.745. The number of aromatic nitrogens is 2. The molecule has 0 unspecified atom stereocenters. The summed E-state index contributed by atoms with van der Waals surface area (Å²) < 4.78 is 5.48. The molecule has 0 amide bonds. The Kier molecular flexibility index (Phi) is 4.59. The van der Waals surface area contributed by atoms with Gasteiger partial charge in [-0.15, -0.1) is 0 Å². The number of para-hydroxylation sites is 1. The first-order chi connectivity index (χ1) is 13.1. The topological polar surface area (TPSA) is 64.1 Å². The molecule has 0 bridgehead atoms. The maximum atomic E-state index is 12.6. The highest BCUT2D eigenvalue weighted by atomic mass is 16.5. The van der Waals surface area contributed by atoms with Gasteiger partial charge in [-0.2, -0.15) is 0 Å². The Morgan fingerprint density at radius 2 is 1.96 bits per heavy atom. The van der Waals surface area contributed by atoms with Crippen LogP contribution in [-0.2, 0) is 6.42 Å². The average molecular weight is 359 g/mol. The fourth-order valence-electron chi connectivity index (χ4n) is 3.58. The number of rotatable bonds is 4. The van der Waals surface area contributed by atoms with Crippen molar-refractivity contribution in [3.8, 4) is 5.75 Å². The molecule has 0 saturated carbocycles. The minimum atomic E-state index is 0.0582. The second kappa shape index (κ2) is 7.19. The van der Waals surface area contributed by atoms with Gasteiger partial charge in [-0.3, -0.25) is 4.79 Å². The van der Waals surface area contributed by atoms with Gasteiger partial charge < -0.3 is 10.1 Å². The number of ketones is 1. The predicted octanol–water partition coefficient (Wildman–Crippen LogP) is 4.45. The van der Waals surface area contributed by atoms with E-state index in [4.69, 9.17) is 4.74 Å². The molecule has 1 atom stereocenters. The second-order valence-electron chi connectivity index (χ2n) is 6.82. The number of nitrogens with one attached hydrogen (secondary N) is 1. The third-order valence-corrected chi connectivity index (χ3v) is 4.89. The van der Waals surface area contributed by atoms with Gasteiger partial charge in [-0.25, -0.2) is 9.97 Å². The molecule has 1 aliphatic rings. The monoisotopic (exact) mass is 359 g/mol. The van der Waals surface area contributed by atoms with Crippen LogP contribution in [0, 0.1) is 6.92 Å². The lowest BCUT2D eigenvalue weighted by Crippen LogP contribution is -2.21. The van der Waals surface area contributed by atoms with E-state index in [1.165, 1.54) is 0 Å². The number of ether oxygens (including phenoxy) is 1. The van der Waals surface area contributed by atoms with Crippen molar-refractivity contribution in [2.24, 2.45) is 0 Å². The molecule has 1 heterocycles. The Balaban J connectivity index is 1.64. The van der Waals surface area contributed by atoms with Gasteiger partial charge in [0.25, 0.3) is 0 Å². The molecule has 0 aliphatic heterocycles.